The lowest BCUT2D eigenvalue weighted by Gasteiger charge is -2.29. The fourth-order valence-corrected chi connectivity index (χ4v) is 2.30. The molecule has 0 bridgehead atoms. The standard InChI is InChI=1S/C16H23N3O/c1-14(20)18-8-3-2-5-15-6-4-7-16(13-15)19-11-9-17-10-12-19/h2,4-7,13,17H,3,8-12H2,1H3,(H,18,20). The van der Waals surface area contributed by atoms with Gasteiger partial charge in [0.2, 0.25) is 5.91 Å². The molecular formula is C16H23N3O. The van der Waals surface area contributed by atoms with Crippen molar-refractivity contribution >= 4 is 17.7 Å². The molecule has 1 aromatic carbocycles. The maximum atomic E-state index is 10.8. The Morgan fingerprint density at radius 2 is 2.20 bits per heavy atom. The number of carbonyl (C=O) groups excluding carboxylic acids is 1. The third kappa shape index (κ3) is 4.70. The summed E-state index contributed by atoms with van der Waals surface area (Å²) in [5, 5.41) is 6.16. The van der Waals surface area contributed by atoms with E-state index in [-0.39, 0.29) is 5.91 Å². The first-order valence-corrected chi connectivity index (χ1v) is 7.22. The van der Waals surface area contributed by atoms with Crippen LogP contribution in [0.4, 0.5) is 5.69 Å². The van der Waals surface area contributed by atoms with E-state index in [4.69, 9.17) is 0 Å². The second-order valence-electron chi connectivity index (χ2n) is 5.01. The molecule has 1 aliphatic heterocycles. The Bertz CT molecular complexity index is 465. The van der Waals surface area contributed by atoms with Gasteiger partial charge in [0.15, 0.2) is 0 Å². The molecule has 2 rings (SSSR count). The zero-order valence-corrected chi connectivity index (χ0v) is 12.1. The molecule has 0 atom stereocenters. The van der Waals surface area contributed by atoms with Crippen LogP contribution < -0.4 is 15.5 Å². The summed E-state index contributed by atoms with van der Waals surface area (Å²) in [4.78, 5) is 13.2. The van der Waals surface area contributed by atoms with Gasteiger partial charge in [0.05, 0.1) is 0 Å². The monoisotopic (exact) mass is 273 g/mol. The van der Waals surface area contributed by atoms with E-state index < -0.39 is 0 Å². The van der Waals surface area contributed by atoms with Gasteiger partial charge in [-0.3, -0.25) is 4.79 Å². The number of amides is 1. The maximum absolute atomic E-state index is 10.8. The molecule has 108 valence electrons. The van der Waals surface area contributed by atoms with Crippen LogP contribution in [0, 0.1) is 0 Å². The van der Waals surface area contributed by atoms with Crippen LogP contribution in [0.1, 0.15) is 18.9 Å². The van der Waals surface area contributed by atoms with Crippen LogP contribution >= 0.6 is 0 Å². The van der Waals surface area contributed by atoms with Gasteiger partial charge in [-0.25, -0.2) is 0 Å². The molecule has 1 aromatic rings. The zero-order valence-electron chi connectivity index (χ0n) is 12.1. The van der Waals surface area contributed by atoms with Crippen molar-refractivity contribution in [1.82, 2.24) is 10.6 Å². The average molecular weight is 273 g/mol. The molecule has 0 unspecified atom stereocenters. The van der Waals surface area contributed by atoms with Gasteiger partial charge in [0.25, 0.3) is 0 Å². The number of piperazine rings is 1. The largest absolute Gasteiger partial charge is 0.369 e. The highest BCUT2D eigenvalue weighted by atomic mass is 16.1. The van der Waals surface area contributed by atoms with Crippen molar-refractivity contribution in [2.75, 3.05) is 37.6 Å². The molecule has 20 heavy (non-hydrogen) atoms. The molecule has 1 amide bonds. The van der Waals surface area contributed by atoms with Crippen LogP contribution in [0.5, 0.6) is 0 Å². The van der Waals surface area contributed by atoms with E-state index in [0.717, 1.165) is 32.6 Å². The van der Waals surface area contributed by atoms with E-state index in [1.165, 1.54) is 11.3 Å². The fraction of sp³-hybridized carbons (Fsp3) is 0.438. The Morgan fingerprint density at radius 1 is 1.40 bits per heavy atom. The van der Waals surface area contributed by atoms with Crippen LogP contribution in [0.2, 0.25) is 0 Å². The highest BCUT2D eigenvalue weighted by molar-refractivity contribution is 5.72. The van der Waals surface area contributed by atoms with Crippen LogP contribution in [0.15, 0.2) is 30.3 Å². The van der Waals surface area contributed by atoms with Gasteiger partial charge in [-0.1, -0.05) is 24.3 Å². The molecule has 1 aliphatic rings. The Balaban J connectivity index is 1.88. The van der Waals surface area contributed by atoms with E-state index in [1.54, 1.807) is 6.92 Å². The minimum atomic E-state index is 0.0269. The number of rotatable bonds is 5. The summed E-state index contributed by atoms with van der Waals surface area (Å²) in [6.45, 7) is 6.48. The lowest BCUT2D eigenvalue weighted by molar-refractivity contribution is -0.118. The van der Waals surface area contributed by atoms with Crippen molar-refractivity contribution < 1.29 is 4.79 Å². The fourth-order valence-electron chi connectivity index (χ4n) is 2.30. The summed E-state index contributed by atoms with van der Waals surface area (Å²) in [6, 6.07) is 8.60. The summed E-state index contributed by atoms with van der Waals surface area (Å²) in [5.41, 5.74) is 2.50. The maximum Gasteiger partial charge on any atom is 0.216 e. The van der Waals surface area contributed by atoms with Crippen LogP contribution in [0.3, 0.4) is 0 Å². The molecule has 1 fully saturated rings. The molecule has 0 aromatic heterocycles. The normalized spacial score (nSPS) is 15.6. The second-order valence-corrected chi connectivity index (χ2v) is 5.01. The van der Waals surface area contributed by atoms with Gasteiger partial charge in [-0.2, -0.15) is 0 Å². The third-order valence-electron chi connectivity index (χ3n) is 3.35. The van der Waals surface area contributed by atoms with Crippen molar-refractivity contribution in [2.24, 2.45) is 0 Å². The van der Waals surface area contributed by atoms with Crippen LogP contribution in [-0.2, 0) is 4.79 Å². The van der Waals surface area contributed by atoms with E-state index in [9.17, 15) is 4.79 Å². The molecule has 1 heterocycles. The Labute approximate surface area is 120 Å². The van der Waals surface area contributed by atoms with E-state index in [1.807, 2.05) is 0 Å². The quantitative estimate of drug-likeness (QED) is 0.802. The number of anilines is 1. The SMILES string of the molecule is CC(=O)NCCC=Cc1cccc(N2CCNCC2)c1. The summed E-state index contributed by atoms with van der Waals surface area (Å²) in [5.74, 6) is 0.0269. The summed E-state index contributed by atoms with van der Waals surface area (Å²) >= 11 is 0. The molecule has 0 aliphatic carbocycles. The second kappa shape index (κ2) is 7.70. The van der Waals surface area contributed by atoms with Gasteiger partial charge in [0, 0.05) is 45.3 Å². The smallest absolute Gasteiger partial charge is 0.216 e. The number of benzene rings is 1. The third-order valence-corrected chi connectivity index (χ3v) is 3.35. The summed E-state index contributed by atoms with van der Waals surface area (Å²) < 4.78 is 0. The first-order valence-electron chi connectivity index (χ1n) is 7.22. The number of nitrogens with zero attached hydrogens (tertiary/aromatic N) is 1. The van der Waals surface area contributed by atoms with E-state index >= 15 is 0 Å². The van der Waals surface area contributed by atoms with Gasteiger partial charge >= 0.3 is 0 Å². The number of nitrogens with one attached hydrogen (secondary N) is 2. The van der Waals surface area contributed by atoms with Crippen LogP contribution in [-0.4, -0.2) is 38.6 Å². The molecule has 0 radical (unpaired) electrons. The minimum absolute atomic E-state index is 0.0269. The Morgan fingerprint density at radius 3 is 2.95 bits per heavy atom. The first-order chi connectivity index (χ1) is 9.75. The summed E-state index contributed by atoms with van der Waals surface area (Å²) in [7, 11) is 0. The van der Waals surface area contributed by atoms with Crippen molar-refractivity contribution in [3.8, 4) is 0 Å². The number of hydrogen-bond donors (Lipinski definition) is 2. The molecule has 0 spiro atoms. The van der Waals surface area contributed by atoms with Gasteiger partial charge in [0.1, 0.15) is 0 Å². The lowest BCUT2D eigenvalue weighted by atomic mass is 10.1. The Kier molecular flexibility index (Phi) is 5.62. The highest BCUT2D eigenvalue weighted by Crippen LogP contribution is 2.17. The number of carbonyl (C=O) groups is 1. The van der Waals surface area contributed by atoms with Crippen molar-refractivity contribution in [3.63, 3.8) is 0 Å². The summed E-state index contributed by atoms with van der Waals surface area (Å²) in [6.07, 6.45) is 5.08. The van der Waals surface area contributed by atoms with Crippen molar-refractivity contribution in [2.45, 2.75) is 13.3 Å². The molecule has 2 N–H and O–H groups in total. The molecule has 1 saturated heterocycles. The molecule has 4 heteroatoms. The predicted molar refractivity (Wildman–Crippen MR) is 83.9 cm³/mol. The van der Waals surface area contributed by atoms with Crippen molar-refractivity contribution in [3.05, 3.63) is 35.9 Å². The van der Waals surface area contributed by atoms with Gasteiger partial charge in [-0.15, -0.1) is 0 Å². The van der Waals surface area contributed by atoms with Gasteiger partial charge < -0.3 is 15.5 Å². The van der Waals surface area contributed by atoms with Gasteiger partial charge in [-0.05, 0) is 24.1 Å². The lowest BCUT2D eigenvalue weighted by Crippen LogP contribution is -2.43. The van der Waals surface area contributed by atoms with E-state index in [0.29, 0.717) is 6.54 Å². The zero-order chi connectivity index (χ0) is 14.2. The Hall–Kier alpha value is -1.81. The predicted octanol–water partition coefficient (Wildman–Crippen LogP) is 1.64. The molecular weight excluding hydrogens is 250 g/mol. The highest BCUT2D eigenvalue weighted by Gasteiger charge is 2.09. The molecule has 0 saturated carbocycles. The minimum Gasteiger partial charge on any atom is -0.369 e. The van der Waals surface area contributed by atoms with Crippen molar-refractivity contribution in [1.29, 1.82) is 0 Å². The first kappa shape index (κ1) is 14.6. The number of hydrogen-bond acceptors (Lipinski definition) is 3. The topological polar surface area (TPSA) is 44.4 Å². The van der Waals surface area contributed by atoms with Crippen LogP contribution in [0.25, 0.3) is 6.08 Å². The average Bonchev–Trinajstić information content (AvgIpc) is 2.48. The molecule has 4 nitrogen and oxygen atoms in total. The van der Waals surface area contributed by atoms with E-state index in [2.05, 4.69) is 52.0 Å².